The molecular weight excluding hydrogens is 276 g/mol. The quantitative estimate of drug-likeness (QED) is 0.841. The Labute approximate surface area is 123 Å². The molecule has 0 saturated heterocycles. The molecule has 6 heteroatoms. The molecule has 0 aromatic carbocycles. The third-order valence-electron chi connectivity index (χ3n) is 2.79. The molecule has 2 rings (SSSR count). The summed E-state index contributed by atoms with van der Waals surface area (Å²) in [7, 11) is 1.60. The Balaban J connectivity index is 2.04. The molecule has 1 aliphatic rings. The molecule has 0 atom stereocenters. The van der Waals surface area contributed by atoms with Gasteiger partial charge in [-0.05, 0) is 32.8 Å². The number of nitrogens with zero attached hydrogens (tertiary/aromatic N) is 2. The standard InChI is InChI=1S/C14H20N2O3S/c1-14(2,3)19-13(17)16-7-5-6-10(8-16)11-9-20-12(15-11)18-4/h6,9H,5,7-8H2,1-4H3. The van der Waals surface area contributed by atoms with Crippen LogP contribution in [0.3, 0.4) is 0 Å². The Morgan fingerprint density at radius 2 is 2.20 bits per heavy atom. The number of amides is 1. The maximum absolute atomic E-state index is 12.1. The lowest BCUT2D eigenvalue weighted by Crippen LogP contribution is -2.39. The molecule has 0 aliphatic carbocycles. The van der Waals surface area contributed by atoms with Crippen LogP contribution < -0.4 is 4.74 Å². The zero-order valence-corrected chi connectivity index (χ0v) is 13.1. The second kappa shape index (κ2) is 5.83. The van der Waals surface area contributed by atoms with Crippen molar-refractivity contribution in [2.24, 2.45) is 0 Å². The highest BCUT2D eigenvalue weighted by Crippen LogP contribution is 2.26. The molecule has 1 amide bonds. The van der Waals surface area contributed by atoms with E-state index in [1.165, 1.54) is 11.3 Å². The molecule has 1 aromatic heterocycles. The highest BCUT2D eigenvalue weighted by atomic mass is 32.1. The second-order valence-electron chi connectivity index (χ2n) is 5.62. The van der Waals surface area contributed by atoms with Crippen LogP contribution in [-0.2, 0) is 4.74 Å². The normalized spacial score (nSPS) is 15.8. The van der Waals surface area contributed by atoms with E-state index >= 15 is 0 Å². The van der Waals surface area contributed by atoms with Crippen LogP contribution in [0, 0.1) is 0 Å². The summed E-state index contributed by atoms with van der Waals surface area (Å²) in [6.07, 6.45) is 2.66. The van der Waals surface area contributed by atoms with Crippen LogP contribution in [-0.4, -0.2) is 41.8 Å². The van der Waals surface area contributed by atoms with Gasteiger partial charge in [-0.1, -0.05) is 17.4 Å². The van der Waals surface area contributed by atoms with Gasteiger partial charge >= 0.3 is 6.09 Å². The highest BCUT2D eigenvalue weighted by Gasteiger charge is 2.25. The van der Waals surface area contributed by atoms with Crippen LogP contribution in [0.25, 0.3) is 5.57 Å². The van der Waals surface area contributed by atoms with Crippen molar-refractivity contribution in [2.75, 3.05) is 20.2 Å². The maximum atomic E-state index is 12.1. The van der Waals surface area contributed by atoms with Crippen molar-refractivity contribution in [3.8, 4) is 5.19 Å². The lowest BCUT2D eigenvalue weighted by Gasteiger charge is -2.29. The van der Waals surface area contributed by atoms with Crippen LogP contribution in [0.2, 0.25) is 0 Å². The number of carbonyl (C=O) groups excluding carboxylic acids is 1. The van der Waals surface area contributed by atoms with Crippen molar-refractivity contribution < 1.29 is 14.3 Å². The lowest BCUT2D eigenvalue weighted by atomic mass is 10.1. The van der Waals surface area contributed by atoms with Crippen molar-refractivity contribution in [1.29, 1.82) is 0 Å². The molecule has 1 aromatic rings. The number of hydrogen-bond acceptors (Lipinski definition) is 5. The van der Waals surface area contributed by atoms with Crippen LogP contribution in [0.4, 0.5) is 4.79 Å². The van der Waals surface area contributed by atoms with Gasteiger partial charge in [-0.2, -0.15) is 0 Å². The summed E-state index contributed by atoms with van der Waals surface area (Å²) < 4.78 is 10.5. The number of methoxy groups -OCH3 is 1. The molecule has 0 N–H and O–H groups in total. The minimum Gasteiger partial charge on any atom is -0.473 e. The number of ether oxygens (including phenoxy) is 2. The molecule has 0 fully saturated rings. The molecule has 0 radical (unpaired) electrons. The molecule has 0 bridgehead atoms. The Morgan fingerprint density at radius 1 is 1.45 bits per heavy atom. The van der Waals surface area contributed by atoms with E-state index in [9.17, 15) is 4.79 Å². The molecule has 1 aliphatic heterocycles. The van der Waals surface area contributed by atoms with Crippen LogP contribution in [0.15, 0.2) is 11.5 Å². The fourth-order valence-corrected chi connectivity index (χ4v) is 2.57. The van der Waals surface area contributed by atoms with Crippen molar-refractivity contribution in [2.45, 2.75) is 32.8 Å². The summed E-state index contributed by atoms with van der Waals surface area (Å²) in [5.74, 6) is 0. The summed E-state index contributed by atoms with van der Waals surface area (Å²) in [4.78, 5) is 18.2. The van der Waals surface area contributed by atoms with E-state index in [-0.39, 0.29) is 6.09 Å². The van der Waals surface area contributed by atoms with E-state index in [4.69, 9.17) is 9.47 Å². The predicted octanol–water partition coefficient (Wildman–Crippen LogP) is 3.18. The summed E-state index contributed by atoms with van der Waals surface area (Å²) in [5, 5.41) is 2.58. The van der Waals surface area contributed by atoms with Gasteiger partial charge in [-0.25, -0.2) is 9.78 Å². The zero-order chi connectivity index (χ0) is 14.8. The predicted molar refractivity (Wildman–Crippen MR) is 79.1 cm³/mol. The summed E-state index contributed by atoms with van der Waals surface area (Å²) in [6.45, 7) is 6.83. The summed E-state index contributed by atoms with van der Waals surface area (Å²) >= 11 is 1.45. The SMILES string of the molecule is COc1nc(C2=CCCN(C(=O)OC(C)(C)C)C2)cs1. The van der Waals surface area contributed by atoms with E-state index in [0.717, 1.165) is 17.7 Å². The molecule has 110 valence electrons. The Morgan fingerprint density at radius 3 is 2.80 bits per heavy atom. The largest absolute Gasteiger partial charge is 0.473 e. The van der Waals surface area contributed by atoms with Gasteiger partial charge in [0.2, 0.25) is 0 Å². The van der Waals surface area contributed by atoms with Gasteiger partial charge in [0.25, 0.3) is 5.19 Å². The van der Waals surface area contributed by atoms with E-state index in [1.54, 1.807) is 12.0 Å². The monoisotopic (exact) mass is 296 g/mol. The maximum Gasteiger partial charge on any atom is 0.410 e. The number of hydrogen-bond donors (Lipinski definition) is 0. The fraction of sp³-hybridized carbons (Fsp3) is 0.571. The van der Waals surface area contributed by atoms with E-state index in [1.807, 2.05) is 26.2 Å². The summed E-state index contributed by atoms with van der Waals surface area (Å²) in [6, 6.07) is 0. The van der Waals surface area contributed by atoms with Crippen molar-refractivity contribution in [1.82, 2.24) is 9.88 Å². The van der Waals surface area contributed by atoms with Gasteiger partial charge in [0.1, 0.15) is 5.60 Å². The number of thiazole rings is 1. The molecule has 5 nitrogen and oxygen atoms in total. The van der Waals surface area contributed by atoms with Gasteiger partial charge < -0.3 is 14.4 Å². The molecular formula is C14H20N2O3S. The first-order valence-electron chi connectivity index (χ1n) is 6.56. The van der Waals surface area contributed by atoms with Gasteiger partial charge in [0.05, 0.1) is 19.3 Å². The summed E-state index contributed by atoms with van der Waals surface area (Å²) in [5.41, 5.74) is 1.45. The molecule has 0 unspecified atom stereocenters. The second-order valence-corrected chi connectivity index (χ2v) is 6.44. The average Bonchev–Trinajstić information content (AvgIpc) is 2.85. The van der Waals surface area contributed by atoms with E-state index in [2.05, 4.69) is 11.1 Å². The van der Waals surface area contributed by atoms with Gasteiger partial charge in [0.15, 0.2) is 0 Å². The first-order valence-corrected chi connectivity index (χ1v) is 7.44. The highest BCUT2D eigenvalue weighted by molar-refractivity contribution is 7.11. The number of rotatable bonds is 2. The Hall–Kier alpha value is -1.56. The molecule has 2 heterocycles. The van der Waals surface area contributed by atoms with Gasteiger partial charge in [0, 0.05) is 11.9 Å². The third kappa shape index (κ3) is 3.72. The molecule has 0 saturated carbocycles. The van der Waals surface area contributed by atoms with E-state index in [0.29, 0.717) is 18.3 Å². The molecule has 20 heavy (non-hydrogen) atoms. The van der Waals surface area contributed by atoms with Crippen LogP contribution >= 0.6 is 11.3 Å². The van der Waals surface area contributed by atoms with Crippen molar-refractivity contribution in [3.63, 3.8) is 0 Å². The number of carbonyl (C=O) groups is 1. The smallest absolute Gasteiger partial charge is 0.410 e. The third-order valence-corrected chi connectivity index (χ3v) is 3.59. The minimum atomic E-state index is -0.470. The first-order chi connectivity index (χ1) is 9.39. The first kappa shape index (κ1) is 14.8. The fourth-order valence-electron chi connectivity index (χ4n) is 1.91. The van der Waals surface area contributed by atoms with Gasteiger partial charge in [-0.3, -0.25) is 0 Å². The van der Waals surface area contributed by atoms with Crippen molar-refractivity contribution >= 4 is 23.0 Å². The topological polar surface area (TPSA) is 51.7 Å². The van der Waals surface area contributed by atoms with E-state index < -0.39 is 5.60 Å². The Kier molecular flexibility index (Phi) is 4.32. The average molecular weight is 296 g/mol. The number of aromatic nitrogens is 1. The van der Waals surface area contributed by atoms with Crippen molar-refractivity contribution in [3.05, 3.63) is 17.2 Å². The van der Waals surface area contributed by atoms with Crippen LogP contribution in [0.1, 0.15) is 32.9 Å². The molecule has 0 spiro atoms. The zero-order valence-electron chi connectivity index (χ0n) is 12.3. The minimum absolute atomic E-state index is 0.273. The van der Waals surface area contributed by atoms with Crippen LogP contribution in [0.5, 0.6) is 5.19 Å². The van der Waals surface area contributed by atoms with Gasteiger partial charge in [-0.15, -0.1) is 0 Å². The Bertz CT molecular complexity index is 517. The lowest BCUT2D eigenvalue weighted by molar-refractivity contribution is 0.0273.